The van der Waals surface area contributed by atoms with Crippen molar-refractivity contribution in [2.45, 2.75) is 17.0 Å². The third-order valence-corrected chi connectivity index (χ3v) is 7.59. The van der Waals surface area contributed by atoms with Gasteiger partial charge in [-0.2, -0.15) is 0 Å². The van der Waals surface area contributed by atoms with Crippen LogP contribution in [0.4, 0.5) is 11.4 Å². The second-order valence-corrected chi connectivity index (χ2v) is 9.93. The summed E-state index contributed by atoms with van der Waals surface area (Å²) in [6.45, 7) is 2.40. The molecule has 4 aromatic rings. The molecule has 1 N–H and O–H groups in total. The minimum atomic E-state index is -4.24. The summed E-state index contributed by atoms with van der Waals surface area (Å²) in [4.78, 5) is 27.2. The lowest BCUT2D eigenvalue weighted by atomic mass is 10.3. The number of amides is 1. The average Bonchev–Trinajstić information content (AvgIpc) is 3.23. The Bertz CT molecular complexity index is 1500. The Balaban J connectivity index is 1.61. The predicted octanol–water partition coefficient (Wildman–Crippen LogP) is 4.31. The summed E-state index contributed by atoms with van der Waals surface area (Å²) in [7, 11) is -4.24. The number of hydrogen-bond acceptors (Lipinski definition) is 8. The van der Waals surface area contributed by atoms with E-state index in [-0.39, 0.29) is 27.4 Å². The average molecular weight is 513 g/mol. The molecule has 0 atom stereocenters. The van der Waals surface area contributed by atoms with Gasteiger partial charge in [-0.3, -0.25) is 14.9 Å². The third kappa shape index (κ3) is 5.28. The monoisotopic (exact) mass is 512 g/mol. The van der Waals surface area contributed by atoms with Gasteiger partial charge in [-0.05, 0) is 49.4 Å². The number of aromatic nitrogens is 2. The molecule has 0 bridgehead atoms. The zero-order chi connectivity index (χ0) is 25.0. The van der Waals surface area contributed by atoms with Gasteiger partial charge in [0, 0.05) is 17.8 Å². The van der Waals surface area contributed by atoms with E-state index in [1.165, 1.54) is 18.2 Å². The molecule has 180 valence electrons. The van der Waals surface area contributed by atoms with Gasteiger partial charge in [-0.1, -0.05) is 30.0 Å². The third-order valence-electron chi connectivity index (χ3n) is 4.84. The highest BCUT2D eigenvalue weighted by Gasteiger charge is 2.26. The molecule has 1 amide bonds. The van der Waals surface area contributed by atoms with Crippen molar-refractivity contribution >= 4 is 50.1 Å². The molecule has 0 aliphatic rings. The van der Waals surface area contributed by atoms with Crippen molar-refractivity contribution in [3.05, 3.63) is 82.9 Å². The normalized spacial score (nSPS) is 11.3. The number of carbonyl (C=O) groups excluding carboxylic acids is 1. The quantitative estimate of drug-likeness (QED) is 0.199. The fraction of sp³-hybridized carbons (Fsp3) is 0.130. The van der Waals surface area contributed by atoms with Gasteiger partial charge < -0.3 is 10.1 Å². The Kier molecular flexibility index (Phi) is 7.03. The van der Waals surface area contributed by atoms with Crippen LogP contribution in [0, 0.1) is 10.1 Å². The summed E-state index contributed by atoms with van der Waals surface area (Å²) < 4.78 is 33.4. The highest BCUT2D eigenvalue weighted by molar-refractivity contribution is 8.00. The van der Waals surface area contributed by atoms with Gasteiger partial charge in [0.05, 0.1) is 33.2 Å². The molecule has 1 heterocycles. The number of anilines is 1. The van der Waals surface area contributed by atoms with Gasteiger partial charge in [0.2, 0.25) is 5.91 Å². The van der Waals surface area contributed by atoms with Crippen LogP contribution in [0.1, 0.15) is 6.92 Å². The Labute approximate surface area is 205 Å². The van der Waals surface area contributed by atoms with Crippen LogP contribution in [0.25, 0.3) is 11.0 Å². The Hall–Kier alpha value is -3.90. The van der Waals surface area contributed by atoms with Crippen molar-refractivity contribution in [3.63, 3.8) is 0 Å². The fourth-order valence-corrected chi connectivity index (χ4v) is 5.85. The maximum absolute atomic E-state index is 13.5. The minimum absolute atomic E-state index is 0.0690. The molecule has 3 aromatic carbocycles. The first kappa shape index (κ1) is 24.2. The van der Waals surface area contributed by atoms with Crippen molar-refractivity contribution in [2.75, 3.05) is 17.7 Å². The number of nitro groups is 1. The van der Waals surface area contributed by atoms with Crippen LogP contribution < -0.4 is 10.1 Å². The van der Waals surface area contributed by atoms with Gasteiger partial charge in [0.1, 0.15) is 5.75 Å². The predicted molar refractivity (Wildman–Crippen MR) is 132 cm³/mol. The number of hydrogen-bond donors (Lipinski definition) is 1. The first-order valence-corrected chi connectivity index (χ1v) is 12.8. The number of nitrogens with zero attached hydrogens (tertiary/aromatic N) is 3. The van der Waals surface area contributed by atoms with Crippen LogP contribution in [-0.2, 0) is 14.8 Å². The number of fused-ring (bicyclic) bond motifs is 1. The number of para-hydroxylation sites is 2. The first-order valence-electron chi connectivity index (χ1n) is 10.4. The van der Waals surface area contributed by atoms with E-state index in [0.29, 0.717) is 29.1 Å². The maximum atomic E-state index is 13.5. The minimum Gasteiger partial charge on any atom is -0.494 e. The topological polar surface area (TPSA) is 133 Å². The van der Waals surface area contributed by atoms with Gasteiger partial charge in [-0.25, -0.2) is 17.4 Å². The zero-order valence-electron chi connectivity index (χ0n) is 18.5. The molecule has 0 saturated heterocycles. The molecule has 0 spiro atoms. The molecule has 0 fully saturated rings. The Morgan fingerprint density at radius 1 is 1.11 bits per heavy atom. The maximum Gasteiger partial charge on any atom is 0.270 e. The van der Waals surface area contributed by atoms with E-state index in [0.717, 1.165) is 21.8 Å². The molecule has 0 saturated carbocycles. The Morgan fingerprint density at radius 2 is 1.86 bits per heavy atom. The van der Waals surface area contributed by atoms with Crippen LogP contribution in [-0.4, -0.2) is 40.6 Å². The summed E-state index contributed by atoms with van der Waals surface area (Å²) in [6.07, 6.45) is 0. The van der Waals surface area contributed by atoms with E-state index < -0.39 is 14.9 Å². The van der Waals surface area contributed by atoms with Crippen molar-refractivity contribution in [3.8, 4) is 5.75 Å². The van der Waals surface area contributed by atoms with Crippen molar-refractivity contribution in [1.82, 2.24) is 8.96 Å². The summed E-state index contributed by atoms with van der Waals surface area (Å²) in [5, 5.41) is 14.0. The van der Waals surface area contributed by atoms with E-state index in [2.05, 4.69) is 10.3 Å². The molecule has 0 aliphatic heterocycles. The molecule has 12 heteroatoms. The van der Waals surface area contributed by atoms with E-state index in [4.69, 9.17) is 4.74 Å². The van der Waals surface area contributed by atoms with E-state index >= 15 is 0 Å². The highest BCUT2D eigenvalue weighted by atomic mass is 32.2. The van der Waals surface area contributed by atoms with Gasteiger partial charge >= 0.3 is 0 Å². The number of carbonyl (C=O) groups is 1. The SMILES string of the molecule is CCOc1ccc(NC(=O)CSc2nc3ccccc3n2S(=O)(=O)c2cccc([N+](=O)[O-])c2)cc1. The lowest BCUT2D eigenvalue weighted by molar-refractivity contribution is -0.385. The van der Waals surface area contributed by atoms with Crippen LogP contribution in [0.2, 0.25) is 0 Å². The van der Waals surface area contributed by atoms with Crippen molar-refractivity contribution < 1.29 is 22.9 Å². The molecule has 0 unspecified atom stereocenters. The lowest BCUT2D eigenvalue weighted by Crippen LogP contribution is -2.17. The standard InChI is InChI=1S/C23H20N4O6S2/c1-2-33-18-12-10-16(11-13-18)24-22(28)15-34-23-25-20-8-3-4-9-21(20)26(23)35(31,32)19-7-5-6-17(14-19)27(29)30/h3-14H,2,15H2,1H3,(H,24,28). The fourth-order valence-electron chi connectivity index (χ4n) is 3.30. The summed E-state index contributed by atoms with van der Waals surface area (Å²) >= 11 is 0.946. The number of nitrogens with one attached hydrogen (secondary N) is 1. The zero-order valence-corrected chi connectivity index (χ0v) is 20.1. The van der Waals surface area contributed by atoms with E-state index in [9.17, 15) is 23.3 Å². The van der Waals surface area contributed by atoms with Crippen molar-refractivity contribution in [1.29, 1.82) is 0 Å². The first-order chi connectivity index (χ1) is 16.8. The van der Waals surface area contributed by atoms with Crippen LogP contribution in [0.5, 0.6) is 5.75 Å². The molecule has 1 aromatic heterocycles. The number of nitro benzene ring substituents is 1. The second-order valence-electron chi connectivity index (χ2n) is 7.20. The largest absolute Gasteiger partial charge is 0.494 e. The van der Waals surface area contributed by atoms with Gasteiger partial charge in [0.25, 0.3) is 15.7 Å². The lowest BCUT2D eigenvalue weighted by Gasteiger charge is -2.11. The molecule has 0 radical (unpaired) electrons. The van der Waals surface area contributed by atoms with Gasteiger partial charge in [0.15, 0.2) is 5.16 Å². The van der Waals surface area contributed by atoms with Crippen LogP contribution in [0.3, 0.4) is 0 Å². The highest BCUT2D eigenvalue weighted by Crippen LogP contribution is 2.30. The number of imidazole rings is 1. The molecule has 0 aliphatic carbocycles. The smallest absolute Gasteiger partial charge is 0.270 e. The number of benzene rings is 3. The summed E-state index contributed by atoms with van der Waals surface area (Å²) in [5.74, 6) is 0.214. The number of ether oxygens (including phenoxy) is 1. The molecule has 10 nitrogen and oxygen atoms in total. The number of thioether (sulfide) groups is 1. The summed E-state index contributed by atoms with van der Waals surface area (Å²) in [6, 6.07) is 18.3. The van der Waals surface area contributed by atoms with Crippen LogP contribution >= 0.6 is 11.8 Å². The number of non-ortho nitro benzene ring substituents is 1. The van der Waals surface area contributed by atoms with Crippen LogP contribution in [0.15, 0.2) is 82.8 Å². The van der Waals surface area contributed by atoms with Crippen molar-refractivity contribution in [2.24, 2.45) is 0 Å². The molecular weight excluding hydrogens is 492 g/mol. The molecule has 35 heavy (non-hydrogen) atoms. The van der Waals surface area contributed by atoms with E-state index in [1.807, 2.05) is 6.92 Å². The molecular formula is C23H20N4O6S2. The van der Waals surface area contributed by atoms with E-state index in [1.54, 1.807) is 48.5 Å². The second kappa shape index (κ2) is 10.2. The summed E-state index contributed by atoms with van der Waals surface area (Å²) in [5.41, 5.74) is 0.931. The Morgan fingerprint density at radius 3 is 2.57 bits per heavy atom. The molecule has 4 rings (SSSR count). The van der Waals surface area contributed by atoms with Gasteiger partial charge in [-0.15, -0.1) is 0 Å². The number of rotatable bonds is 9.